The Bertz CT molecular complexity index is 1790. The van der Waals surface area contributed by atoms with Crippen LogP contribution in [0.3, 0.4) is 0 Å². The summed E-state index contributed by atoms with van der Waals surface area (Å²) in [4.78, 5) is 33.6. The number of hydrogen-bond donors (Lipinski definition) is 1. The van der Waals surface area contributed by atoms with Gasteiger partial charge in [0.25, 0.3) is 5.78 Å². The lowest BCUT2D eigenvalue weighted by Crippen LogP contribution is -2.29. The molecule has 1 N–H and O–H groups in total. The van der Waals surface area contributed by atoms with Gasteiger partial charge in [0.05, 0.1) is 35.5 Å². The summed E-state index contributed by atoms with van der Waals surface area (Å²) in [5, 5.41) is 12.0. The Morgan fingerprint density at radius 2 is 1.98 bits per heavy atom. The van der Waals surface area contributed by atoms with Crippen LogP contribution in [0, 0.1) is 0 Å². The van der Waals surface area contributed by atoms with Crippen molar-refractivity contribution in [3.8, 4) is 23.0 Å². The van der Waals surface area contributed by atoms with E-state index >= 15 is 0 Å². The molecule has 3 heterocycles. The molecule has 0 spiro atoms. The van der Waals surface area contributed by atoms with Crippen LogP contribution < -0.4 is 23.8 Å². The smallest absolute Gasteiger partial charge is 0.301 e. The standard InChI is InChI=1S/C33H30N2O7S/c1-5-13-41-25-12-7-19(16-26(25)40-6-2)29-28(30(36)20-8-11-24-21(15-20)14-18(3)42-24)31(37)32(38)35(29)33-34-23-10-9-22(39-4)17-27(23)43-33/h5,7-12,15-18,29,36H,1,6,13-14H2,2-4H3/t18-,29+/m1/s1. The quantitative estimate of drug-likeness (QED) is 0.105. The zero-order valence-corrected chi connectivity index (χ0v) is 24.8. The number of thiazole rings is 1. The number of amides is 1. The van der Waals surface area contributed by atoms with Gasteiger partial charge in [-0.2, -0.15) is 0 Å². The lowest BCUT2D eigenvalue weighted by molar-refractivity contribution is -0.132. The second kappa shape index (κ2) is 11.4. The lowest BCUT2D eigenvalue weighted by Gasteiger charge is -2.24. The van der Waals surface area contributed by atoms with E-state index < -0.39 is 17.7 Å². The molecule has 1 amide bonds. The van der Waals surface area contributed by atoms with E-state index in [2.05, 4.69) is 6.58 Å². The van der Waals surface area contributed by atoms with Gasteiger partial charge in [-0.25, -0.2) is 4.98 Å². The molecule has 10 heteroatoms. The van der Waals surface area contributed by atoms with Gasteiger partial charge in [0.15, 0.2) is 16.6 Å². The summed E-state index contributed by atoms with van der Waals surface area (Å²) >= 11 is 1.26. The molecule has 9 nitrogen and oxygen atoms in total. The Morgan fingerprint density at radius 1 is 1.14 bits per heavy atom. The highest BCUT2D eigenvalue weighted by Gasteiger charge is 2.48. The van der Waals surface area contributed by atoms with Crippen molar-refractivity contribution in [3.63, 3.8) is 0 Å². The molecule has 3 aromatic carbocycles. The zero-order valence-electron chi connectivity index (χ0n) is 24.0. The highest BCUT2D eigenvalue weighted by Crippen LogP contribution is 2.46. The minimum Gasteiger partial charge on any atom is -0.507 e. The number of carbonyl (C=O) groups excluding carboxylic acids is 2. The number of Topliss-reactive ketones (excluding diaryl/α,β-unsaturated/α-hetero) is 1. The SMILES string of the molecule is C=CCOc1ccc([C@H]2C(=C(O)c3ccc4c(c3)C[C@@H](C)O4)C(=O)C(=O)N2c2nc3ccc(OC)cc3s2)cc1OCC. The van der Waals surface area contributed by atoms with Gasteiger partial charge in [-0.15, -0.1) is 0 Å². The van der Waals surface area contributed by atoms with Crippen LogP contribution in [0.1, 0.15) is 36.6 Å². The van der Waals surface area contributed by atoms with E-state index in [4.69, 9.17) is 23.9 Å². The maximum atomic E-state index is 13.8. The van der Waals surface area contributed by atoms with Crippen molar-refractivity contribution in [3.05, 3.63) is 89.5 Å². The molecule has 2 aliphatic rings. The van der Waals surface area contributed by atoms with Crippen molar-refractivity contribution < 1.29 is 33.6 Å². The molecule has 1 fully saturated rings. The fourth-order valence-corrected chi connectivity index (χ4v) is 6.44. The van der Waals surface area contributed by atoms with Crippen LogP contribution in [0.25, 0.3) is 16.0 Å². The second-order valence-corrected chi connectivity index (χ2v) is 11.2. The molecule has 2 aliphatic heterocycles. The van der Waals surface area contributed by atoms with Gasteiger partial charge in [0.1, 0.15) is 30.0 Å². The first-order valence-corrected chi connectivity index (χ1v) is 14.7. The van der Waals surface area contributed by atoms with Gasteiger partial charge in [-0.3, -0.25) is 14.5 Å². The Kier molecular flexibility index (Phi) is 7.53. The maximum absolute atomic E-state index is 13.8. The number of carbonyl (C=O) groups is 2. The van der Waals surface area contributed by atoms with Crippen molar-refractivity contribution >= 4 is 44.1 Å². The van der Waals surface area contributed by atoms with Crippen molar-refractivity contribution in [2.24, 2.45) is 0 Å². The third-order valence-electron chi connectivity index (χ3n) is 7.34. The molecule has 2 atom stereocenters. The lowest BCUT2D eigenvalue weighted by atomic mass is 9.94. The number of ketones is 1. The predicted octanol–water partition coefficient (Wildman–Crippen LogP) is 6.22. The summed E-state index contributed by atoms with van der Waals surface area (Å²) in [6, 6.07) is 14.9. The van der Waals surface area contributed by atoms with Crippen LogP contribution in [0.15, 0.2) is 72.8 Å². The molecule has 0 aliphatic carbocycles. The molecule has 4 aromatic rings. The number of benzene rings is 3. The number of aromatic nitrogens is 1. The summed E-state index contributed by atoms with van der Waals surface area (Å²) in [6.07, 6.45) is 2.31. The molecule has 6 rings (SSSR count). The Hall–Kier alpha value is -4.83. The highest BCUT2D eigenvalue weighted by atomic mass is 32.1. The number of methoxy groups -OCH3 is 1. The van der Waals surface area contributed by atoms with E-state index in [-0.39, 0.29) is 24.0 Å². The zero-order chi connectivity index (χ0) is 30.2. The highest BCUT2D eigenvalue weighted by molar-refractivity contribution is 7.22. The molecule has 1 aromatic heterocycles. The van der Waals surface area contributed by atoms with E-state index in [0.29, 0.717) is 52.1 Å². The van der Waals surface area contributed by atoms with E-state index in [9.17, 15) is 14.7 Å². The van der Waals surface area contributed by atoms with Crippen LogP contribution in [-0.4, -0.2) is 48.2 Å². The number of fused-ring (bicyclic) bond motifs is 2. The Morgan fingerprint density at radius 3 is 2.74 bits per heavy atom. The van der Waals surface area contributed by atoms with Crippen LogP contribution in [0.5, 0.6) is 23.0 Å². The van der Waals surface area contributed by atoms with Crippen LogP contribution >= 0.6 is 11.3 Å². The summed E-state index contributed by atoms with van der Waals surface area (Å²) < 4.78 is 23.6. The summed E-state index contributed by atoms with van der Waals surface area (Å²) in [5.74, 6) is 0.429. The van der Waals surface area contributed by atoms with Crippen LogP contribution in [0.4, 0.5) is 5.13 Å². The molecule has 1 saturated heterocycles. The number of rotatable bonds is 9. The third kappa shape index (κ3) is 5.08. The number of aliphatic hydroxyl groups is 1. The summed E-state index contributed by atoms with van der Waals surface area (Å²) in [6.45, 7) is 8.16. The normalized spacial score (nSPS) is 18.9. The van der Waals surface area contributed by atoms with Gasteiger partial charge in [0.2, 0.25) is 0 Å². The Balaban J connectivity index is 1.53. The topological polar surface area (TPSA) is 107 Å². The summed E-state index contributed by atoms with van der Waals surface area (Å²) in [7, 11) is 1.58. The molecule has 0 radical (unpaired) electrons. The molecule has 0 bridgehead atoms. The van der Waals surface area contributed by atoms with Gasteiger partial charge < -0.3 is 24.1 Å². The van der Waals surface area contributed by atoms with Gasteiger partial charge in [-0.1, -0.05) is 30.1 Å². The molecular weight excluding hydrogens is 568 g/mol. The monoisotopic (exact) mass is 598 g/mol. The average Bonchev–Trinajstić information content (AvgIpc) is 3.67. The fourth-order valence-electron chi connectivity index (χ4n) is 5.42. The average molecular weight is 599 g/mol. The first-order valence-electron chi connectivity index (χ1n) is 13.9. The minimum atomic E-state index is -0.987. The molecule has 43 heavy (non-hydrogen) atoms. The second-order valence-electron chi connectivity index (χ2n) is 10.2. The van der Waals surface area contributed by atoms with E-state index in [1.807, 2.05) is 19.9 Å². The van der Waals surface area contributed by atoms with E-state index in [1.165, 1.54) is 16.2 Å². The minimum absolute atomic E-state index is 0.00875. The largest absolute Gasteiger partial charge is 0.507 e. The molecule has 0 unspecified atom stereocenters. The summed E-state index contributed by atoms with van der Waals surface area (Å²) in [5.41, 5.74) is 2.49. The van der Waals surface area contributed by atoms with Crippen molar-refractivity contribution in [2.45, 2.75) is 32.4 Å². The first kappa shape index (κ1) is 28.3. The number of anilines is 1. The number of ether oxygens (including phenoxy) is 4. The van der Waals surface area contributed by atoms with Crippen LogP contribution in [0.2, 0.25) is 0 Å². The molecule has 0 saturated carbocycles. The first-order chi connectivity index (χ1) is 20.8. The Labute approximate surface area is 252 Å². The molecular formula is C33H30N2O7S. The predicted molar refractivity (Wildman–Crippen MR) is 164 cm³/mol. The van der Waals surface area contributed by atoms with Crippen molar-refractivity contribution in [2.75, 3.05) is 25.2 Å². The van der Waals surface area contributed by atoms with Crippen molar-refractivity contribution in [1.82, 2.24) is 4.98 Å². The van der Waals surface area contributed by atoms with E-state index in [1.54, 1.807) is 61.7 Å². The van der Waals surface area contributed by atoms with Crippen LogP contribution in [-0.2, 0) is 16.0 Å². The van der Waals surface area contributed by atoms with Gasteiger partial charge >= 0.3 is 5.91 Å². The molecule has 220 valence electrons. The van der Waals surface area contributed by atoms with Gasteiger partial charge in [0, 0.05) is 12.0 Å². The third-order valence-corrected chi connectivity index (χ3v) is 8.36. The maximum Gasteiger partial charge on any atom is 0.301 e. The number of aliphatic hydroxyl groups excluding tert-OH is 1. The fraction of sp³-hybridized carbons (Fsp3) is 0.242. The van der Waals surface area contributed by atoms with Gasteiger partial charge in [-0.05, 0) is 73.5 Å². The number of nitrogens with zero attached hydrogens (tertiary/aromatic N) is 2. The van der Waals surface area contributed by atoms with Crippen molar-refractivity contribution in [1.29, 1.82) is 0 Å². The number of hydrogen-bond acceptors (Lipinski definition) is 9. The van der Waals surface area contributed by atoms with E-state index in [0.717, 1.165) is 16.0 Å².